The molecule has 0 saturated carbocycles. The van der Waals surface area contributed by atoms with E-state index in [2.05, 4.69) is 15.0 Å². The molecule has 0 aliphatic heterocycles. The third-order valence-corrected chi connectivity index (χ3v) is 5.10. The van der Waals surface area contributed by atoms with Crippen LogP contribution in [0.5, 0.6) is 0 Å². The third-order valence-electron chi connectivity index (χ3n) is 3.48. The Morgan fingerprint density at radius 1 is 1.24 bits per heavy atom. The van der Waals surface area contributed by atoms with Gasteiger partial charge in [-0.15, -0.1) is 0 Å². The average Bonchev–Trinajstić information content (AvgIpc) is 3.04. The molecule has 0 amide bonds. The Morgan fingerprint density at radius 3 is 2.69 bits per heavy atom. The molecule has 2 atom stereocenters. The molecule has 0 spiro atoms. The van der Waals surface area contributed by atoms with Crippen molar-refractivity contribution in [2.75, 3.05) is 25.5 Å². The number of carbonyl (C=O) groups excluding carboxylic acids is 1. The smallest absolute Gasteiger partial charge is 0.432 e. The first-order valence-electron chi connectivity index (χ1n) is 8.98. The second kappa shape index (κ2) is 10.5. The van der Waals surface area contributed by atoms with E-state index < -0.39 is 20.5 Å². The van der Waals surface area contributed by atoms with Crippen LogP contribution >= 0.6 is 7.60 Å². The molecule has 2 N–H and O–H groups in total. The largest absolute Gasteiger partial charge is 0.510 e. The second-order valence-corrected chi connectivity index (χ2v) is 8.27. The molecule has 0 fully saturated rings. The number of nitrogen functional groups attached to an aromatic ring is 1. The number of anilines is 1. The van der Waals surface area contributed by atoms with E-state index in [0.29, 0.717) is 17.7 Å². The highest BCUT2D eigenvalue weighted by Gasteiger charge is 2.27. The van der Waals surface area contributed by atoms with Gasteiger partial charge in [-0.25, -0.2) is 19.7 Å². The van der Waals surface area contributed by atoms with Crippen LogP contribution in [0.15, 0.2) is 12.7 Å². The second-order valence-electron chi connectivity index (χ2n) is 6.27. The molecule has 0 saturated heterocycles. The summed E-state index contributed by atoms with van der Waals surface area (Å²) in [4.78, 5) is 23.6. The fourth-order valence-electron chi connectivity index (χ4n) is 2.27. The van der Waals surface area contributed by atoms with Crippen molar-refractivity contribution in [3.63, 3.8) is 0 Å². The van der Waals surface area contributed by atoms with Gasteiger partial charge in [-0.3, -0.25) is 9.09 Å². The van der Waals surface area contributed by atoms with E-state index in [0.717, 1.165) is 0 Å². The average molecular weight is 431 g/mol. The van der Waals surface area contributed by atoms with Gasteiger partial charge in [-0.1, -0.05) is 0 Å². The molecule has 2 aromatic rings. The molecule has 0 bridgehead atoms. The predicted octanol–water partition coefficient (Wildman–Crippen LogP) is 2.54. The minimum Gasteiger partial charge on any atom is -0.432 e. The Hall–Kier alpha value is -2.27. The van der Waals surface area contributed by atoms with E-state index in [1.807, 2.05) is 0 Å². The molecule has 13 heteroatoms. The SMILES string of the molecule is CCOP(=O)(CO[C@H](C)Cn1cnc2c(N)ncnc21)OCOC(=O)OC(C)C. The molecule has 2 rings (SSSR count). The van der Waals surface area contributed by atoms with Crippen molar-refractivity contribution < 1.29 is 32.6 Å². The van der Waals surface area contributed by atoms with Crippen molar-refractivity contribution in [1.29, 1.82) is 0 Å². The summed E-state index contributed by atoms with van der Waals surface area (Å²) in [5.74, 6) is 0.285. The van der Waals surface area contributed by atoms with Crippen molar-refractivity contribution >= 4 is 30.7 Å². The first kappa shape index (κ1) is 23.0. The zero-order valence-corrected chi connectivity index (χ0v) is 17.7. The van der Waals surface area contributed by atoms with Gasteiger partial charge in [-0.05, 0) is 27.7 Å². The number of rotatable bonds is 11. The summed E-state index contributed by atoms with van der Waals surface area (Å²) in [7, 11) is -3.64. The van der Waals surface area contributed by atoms with Crippen molar-refractivity contribution in [2.45, 2.75) is 46.4 Å². The van der Waals surface area contributed by atoms with Gasteiger partial charge in [-0.2, -0.15) is 0 Å². The van der Waals surface area contributed by atoms with Crippen LogP contribution in [0.1, 0.15) is 27.7 Å². The Morgan fingerprint density at radius 2 is 2.00 bits per heavy atom. The normalized spacial score (nSPS) is 14.7. The molecule has 0 aromatic carbocycles. The Labute approximate surface area is 168 Å². The van der Waals surface area contributed by atoms with Gasteiger partial charge >= 0.3 is 13.8 Å². The molecule has 0 radical (unpaired) electrons. The first-order chi connectivity index (χ1) is 13.7. The minimum absolute atomic E-state index is 0.133. The van der Waals surface area contributed by atoms with Crippen molar-refractivity contribution in [2.24, 2.45) is 0 Å². The lowest BCUT2D eigenvalue weighted by Gasteiger charge is -2.20. The molecule has 12 nitrogen and oxygen atoms in total. The number of hydrogen-bond acceptors (Lipinski definition) is 11. The maximum Gasteiger partial charge on any atom is 0.510 e. The van der Waals surface area contributed by atoms with Crippen LogP contribution in [0.3, 0.4) is 0 Å². The number of fused-ring (bicyclic) bond motifs is 1. The van der Waals surface area contributed by atoms with Gasteiger partial charge in [0.25, 0.3) is 0 Å². The molecule has 162 valence electrons. The lowest BCUT2D eigenvalue weighted by Crippen LogP contribution is -2.19. The van der Waals surface area contributed by atoms with Gasteiger partial charge in [0, 0.05) is 0 Å². The summed E-state index contributed by atoms with van der Waals surface area (Å²) < 4.78 is 39.9. The zero-order valence-electron chi connectivity index (χ0n) is 16.8. The van der Waals surface area contributed by atoms with Crippen LogP contribution in [0.25, 0.3) is 11.2 Å². The van der Waals surface area contributed by atoms with E-state index in [-0.39, 0.29) is 31.0 Å². The molecular formula is C16H26N5O7P. The van der Waals surface area contributed by atoms with Crippen LogP contribution in [0.4, 0.5) is 10.6 Å². The Balaban J connectivity index is 1.88. The highest BCUT2D eigenvalue weighted by Crippen LogP contribution is 2.48. The van der Waals surface area contributed by atoms with E-state index in [4.69, 9.17) is 29.0 Å². The number of imidazole rings is 1. The van der Waals surface area contributed by atoms with Crippen molar-refractivity contribution in [3.05, 3.63) is 12.7 Å². The van der Waals surface area contributed by atoms with Crippen LogP contribution in [0.2, 0.25) is 0 Å². The monoisotopic (exact) mass is 431 g/mol. The summed E-state index contributed by atoms with van der Waals surface area (Å²) in [6, 6.07) is 0. The number of aromatic nitrogens is 4. The number of hydrogen-bond donors (Lipinski definition) is 1. The predicted molar refractivity (Wildman–Crippen MR) is 103 cm³/mol. The topological polar surface area (TPSA) is 150 Å². The summed E-state index contributed by atoms with van der Waals surface area (Å²) >= 11 is 0. The van der Waals surface area contributed by atoms with E-state index in [9.17, 15) is 9.36 Å². The van der Waals surface area contributed by atoms with Crippen LogP contribution < -0.4 is 5.73 Å². The number of carbonyl (C=O) groups is 1. The Kier molecular flexibility index (Phi) is 8.32. The van der Waals surface area contributed by atoms with Crippen molar-refractivity contribution in [3.8, 4) is 0 Å². The molecule has 0 aliphatic rings. The number of nitrogens with two attached hydrogens (primary N) is 1. The third kappa shape index (κ3) is 6.93. The standard InChI is InChI=1S/C16H26N5O7P/c1-5-26-29(23,27-9-24-16(22)28-11(2)3)10-25-12(4)6-21-8-20-13-14(17)18-7-19-15(13)21/h7-8,11-12H,5-6,9-10H2,1-4H3,(H2,17,18,19)/t12-,29?/m1/s1. The van der Waals surface area contributed by atoms with Gasteiger partial charge in [0.1, 0.15) is 18.2 Å². The summed E-state index contributed by atoms with van der Waals surface area (Å²) in [6.07, 6.45) is 0.947. The minimum atomic E-state index is -3.64. The molecule has 29 heavy (non-hydrogen) atoms. The van der Waals surface area contributed by atoms with Crippen molar-refractivity contribution in [1.82, 2.24) is 19.5 Å². The van der Waals surface area contributed by atoms with E-state index in [1.165, 1.54) is 6.33 Å². The van der Waals surface area contributed by atoms with Crippen LogP contribution in [-0.2, 0) is 34.4 Å². The van der Waals surface area contributed by atoms with Gasteiger partial charge in [0.05, 0.1) is 31.7 Å². The fraction of sp³-hybridized carbons (Fsp3) is 0.625. The molecular weight excluding hydrogens is 405 g/mol. The maximum atomic E-state index is 12.7. The summed E-state index contributed by atoms with van der Waals surface area (Å²) in [5, 5.41) is 0. The molecule has 1 unspecified atom stereocenters. The lowest BCUT2D eigenvalue weighted by molar-refractivity contribution is -0.0177. The summed E-state index contributed by atoms with van der Waals surface area (Å²) in [5.41, 5.74) is 6.83. The molecule has 0 aliphatic carbocycles. The van der Waals surface area contributed by atoms with Gasteiger partial charge in [0.15, 0.2) is 11.5 Å². The number of nitrogens with zero attached hydrogens (tertiary/aromatic N) is 4. The van der Waals surface area contributed by atoms with E-state index >= 15 is 0 Å². The summed E-state index contributed by atoms with van der Waals surface area (Å²) in [6.45, 7) is 6.71. The fourth-order valence-corrected chi connectivity index (χ4v) is 3.54. The first-order valence-corrected chi connectivity index (χ1v) is 10.7. The Bertz CT molecular complexity index is 859. The molecule has 2 heterocycles. The zero-order chi connectivity index (χ0) is 21.4. The maximum absolute atomic E-state index is 12.7. The quantitative estimate of drug-likeness (QED) is 0.317. The lowest BCUT2D eigenvalue weighted by atomic mass is 10.4. The highest BCUT2D eigenvalue weighted by molar-refractivity contribution is 7.53. The number of ether oxygens (including phenoxy) is 3. The van der Waals surface area contributed by atoms with E-state index in [1.54, 1.807) is 38.6 Å². The van der Waals surface area contributed by atoms with Crippen LogP contribution in [-0.4, -0.2) is 57.6 Å². The van der Waals surface area contributed by atoms with Gasteiger partial charge < -0.3 is 29.0 Å². The molecule has 2 aromatic heterocycles. The van der Waals surface area contributed by atoms with Crippen LogP contribution in [0, 0.1) is 0 Å². The van der Waals surface area contributed by atoms with Gasteiger partial charge in [0.2, 0.25) is 6.79 Å². The highest BCUT2D eigenvalue weighted by atomic mass is 31.2.